The molecule has 2 fully saturated rings. The number of halogens is 1. The molecule has 3 rings (SSSR count). The van der Waals surface area contributed by atoms with E-state index in [0.29, 0.717) is 17.8 Å². The molecule has 0 bridgehead atoms. The quantitative estimate of drug-likeness (QED) is 0.820. The minimum atomic E-state index is -0.368. The molecular weight excluding hydrogens is 371 g/mol. The van der Waals surface area contributed by atoms with Crippen molar-refractivity contribution in [1.82, 2.24) is 14.7 Å². The number of amides is 2. The van der Waals surface area contributed by atoms with Crippen molar-refractivity contribution in [3.8, 4) is 0 Å². The predicted octanol–water partition coefficient (Wildman–Crippen LogP) is 2.56. The Morgan fingerprint density at radius 2 is 1.79 bits per heavy atom. The highest BCUT2D eigenvalue weighted by atomic mass is 19.1. The Bertz CT molecular complexity index is 711. The molecule has 29 heavy (non-hydrogen) atoms. The second kappa shape index (κ2) is 9.67. The van der Waals surface area contributed by atoms with Crippen LogP contribution in [0.1, 0.15) is 40.0 Å². The molecule has 2 aliphatic rings. The molecule has 7 heteroatoms. The third-order valence-corrected chi connectivity index (χ3v) is 6.24. The zero-order valence-corrected chi connectivity index (χ0v) is 17.7. The van der Waals surface area contributed by atoms with Gasteiger partial charge in [-0.15, -0.1) is 0 Å². The fourth-order valence-corrected chi connectivity index (χ4v) is 4.51. The topological polar surface area (TPSA) is 55.9 Å². The lowest BCUT2D eigenvalue weighted by molar-refractivity contribution is -0.143. The number of benzene rings is 1. The first-order valence-corrected chi connectivity index (χ1v) is 10.7. The van der Waals surface area contributed by atoms with Crippen molar-refractivity contribution < 1.29 is 14.0 Å². The molecule has 2 heterocycles. The van der Waals surface area contributed by atoms with Gasteiger partial charge in [-0.3, -0.25) is 19.4 Å². The summed E-state index contributed by atoms with van der Waals surface area (Å²) in [6.07, 6.45) is 3.35. The van der Waals surface area contributed by atoms with Crippen LogP contribution in [0.4, 0.5) is 10.1 Å². The Morgan fingerprint density at radius 3 is 2.41 bits per heavy atom. The molecule has 2 amide bonds. The van der Waals surface area contributed by atoms with Crippen molar-refractivity contribution in [2.24, 2.45) is 0 Å². The second-order valence-corrected chi connectivity index (χ2v) is 8.42. The number of rotatable bonds is 5. The average molecular weight is 405 g/mol. The number of likely N-dealkylation sites (tertiary alicyclic amines) is 1. The van der Waals surface area contributed by atoms with Gasteiger partial charge in [-0.05, 0) is 58.2 Å². The number of anilines is 1. The zero-order chi connectivity index (χ0) is 21.0. The lowest BCUT2D eigenvalue weighted by atomic mass is 9.96. The van der Waals surface area contributed by atoms with Crippen molar-refractivity contribution in [2.75, 3.05) is 38.0 Å². The number of hydrogen-bond acceptors (Lipinski definition) is 4. The van der Waals surface area contributed by atoms with Crippen LogP contribution in [-0.2, 0) is 9.59 Å². The molecular formula is C22H33FN4O2. The first kappa shape index (κ1) is 21.7. The van der Waals surface area contributed by atoms with E-state index in [4.69, 9.17) is 0 Å². The molecule has 1 aromatic rings. The van der Waals surface area contributed by atoms with E-state index in [9.17, 15) is 14.0 Å². The number of hydrogen-bond donors (Lipinski definition) is 1. The Labute approximate surface area is 173 Å². The Balaban J connectivity index is 1.47. The molecule has 2 aliphatic heterocycles. The second-order valence-electron chi connectivity index (χ2n) is 8.42. The first-order valence-electron chi connectivity index (χ1n) is 10.7. The fourth-order valence-electron chi connectivity index (χ4n) is 4.51. The molecule has 1 N–H and O–H groups in total. The molecule has 0 aromatic heterocycles. The van der Waals surface area contributed by atoms with Crippen molar-refractivity contribution in [2.45, 2.75) is 58.2 Å². The Morgan fingerprint density at radius 1 is 1.14 bits per heavy atom. The van der Waals surface area contributed by atoms with Gasteiger partial charge in [0.25, 0.3) is 0 Å². The van der Waals surface area contributed by atoms with Gasteiger partial charge in [-0.25, -0.2) is 4.39 Å². The molecule has 3 atom stereocenters. The zero-order valence-electron chi connectivity index (χ0n) is 17.7. The van der Waals surface area contributed by atoms with E-state index in [0.717, 1.165) is 39.0 Å². The van der Waals surface area contributed by atoms with E-state index in [2.05, 4.69) is 33.9 Å². The molecule has 0 saturated carbocycles. The summed E-state index contributed by atoms with van der Waals surface area (Å²) >= 11 is 0. The summed E-state index contributed by atoms with van der Waals surface area (Å²) < 4.78 is 13.2. The first-order chi connectivity index (χ1) is 13.8. The number of carbonyl (C=O) groups excluding carboxylic acids is 2. The fraction of sp³-hybridized carbons (Fsp3) is 0.636. The van der Waals surface area contributed by atoms with Crippen LogP contribution >= 0.6 is 0 Å². The van der Waals surface area contributed by atoms with E-state index in [1.807, 2.05) is 6.92 Å². The van der Waals surface area contributed by atoms with Crippen LogP contribution in [0.2, 0.25) is 0 Å². The van der Waals surface area contributed by atoms with Gasteiger partial charge in [0.05, 0.1) is 12.6 Å². The van der Waals surface area contributed by atoms with Crippen LogP contribution in [-0.4, -0.2) is 77.4 Å². The largest absolute Gasteiger partial charge is 0.336 e. The number of nitrogens with zero attached hydrogens (tertiary/aromatic N) is 3. The van der Waals surface area contributed by atoms with Gasteiger partial charge in [0.2, 0.25) is 11.8 Å². The number of nitrogens with one attached hydrogen (secondary N) is 1. The lowest BCUT2D eigenvalue weighted by Crippen LogP contribution is -2.58. The van der Waals surface area contributed by atoms with Crippen LogP contribution in [0.5, 0.6) is 0 Å². The molecule has 0 unspecified atom stereocenters. The van der Waals surface area contributed by atoms with Crippen molar-refractivity contribution in [1.29, 1.82) is 0 Å². The normalized spacial score (nSPS) is 24.9. The maximum absolute atomic E-state index is 13.2. The minimum Gasteiger partial charge on any atom is -0.336 e. The standard InChI is InChI=1S/C22H33FN4O2/c1-16-6-4-7-17(2)27(16)22(29)18(3)26-12-10-25(11-13-26)15-21(28)24-20-9-5-8-19(23)14-20/h5,8-9,14,16-18H,4,6-7,10-13,15H2,1-3H3,(H,24,28)/t16-,17-,18-/m1/s1. The number of piperidine rings is 1. The van der Waals surface area contributed by atoms with Crippen molar-refractivity contribution in [3.63, 3.8) is 0 Å². The van der Waals surface area contributed by atoms with Crippen LogP contribution in [0.3, 0.4) is 0 Å². The summed E-state index contributed by atoms with van der Waals surface area (Å²) in [7, 11) is 0. The third kappa shape index (κ3) is 5.54. The van der Waals surface area contributed by atoms with Crippen LogP contribution in [0.25, 0.3) is 0 Å². The average Bonchev–Trinajstić information content (AvgIpc) is 2.67. The highest BCUT2D eigenvalue weighted by Crippen LogP contribution is 2.24. The summed E-state index contributed by atoms with van der Waals surface area (Å²) in [4.78, 5) is 31.7. The highest BCUT2D eigenvalue weighted by molar-refractivity contribution is 5.92. The summed E-state index contributed by atoms with van der Waals surface area (Å²) in [6, 6.07) is 6.39. The number of piperazine rings is 1. The minimum absolute atomic E-state index is 0.138. The Hall–Kier alpha value is -1.99. The maximum atomic E-state index is 13.2. The van der Waals surface area contributed by atoms with Gasteiger partial charge >= 0.3 is 0 Å². The highest BCUT2D eigenvalue weighted by Gasteiger charge is 2.35. The smallest absolute Gasteiger partial charge is 0.240 e. The predicted molar refractivity (Wildman–Crippen MR) is 112 cm³/mol. The van der Waals surface area contributed by atoms with Crippen LogP contribution < -0.4 is 5.32 Å². The molecule has 160 valence electrons. The van der Waals surface area contributed by atoms with Crippen molar-refractivity contribution in [3.05, 3.63) is 30.1 Å². The van der Waals surface area contributed by atoms with Gasteiger partial charge < -0.3 is 10.2 Å². The SMILES string of the molecule is C[C@H](C(=O)N1[C@H](C)CCC[C@H]1C)N1CCN(CC(=O)Nc2cccc(F)c2)CC1. The summed E-state index contributed by atoms with van der Waals surface area (Å²) in [5, 5.41) is 2.74. The van der Waals surface area contributed by atoms with E-state index in [1.54, 1.807) is 12.1 Å². The Kier molecular flexibility index (Phi) is 7.24. The van der Waals surface area contributed by atoms with Gasteiger partial charge in [0.15, 0.2) is 0 Å². The molecule has 0 spiro atoms. The van der Waals surface area contributed by atoms with E-state index < -0.39 is 0 Å². The van der Waals surface area contributed by atoms with Crippen LogP contribution in [0.15, 0.2) is 24.3 Å². The number of carbonyl (C=O) groups is 2. The van der Waals surface area contributed by atoms with E-state index in [1.165, 1.54) is 18.6 Å². The third-order valence-electron chi connectivity index (χ3n) is 6.24. The van der Waals surface area contributed by atoms with Crippen molar-refractivity contribution >= 4 is 17.5 Å². The van der Waals surface area contributed by atoms with Gasteiger partial charge in [0.1, 0.15) is 5.82 Å². The lowest BCUT2D eigenvalue weighted by Gasteiger charge is -2.44. The summed E-state index contributed by atoms with van der Waals surface area (Å²) in [5.41, 5.74) is 0.470. The van der Waals surface area contributed by atoms with Crippen LogP contribution in [0, 0.1) is 5.82 Å². The summed E-state index contributed by atoms with van der Waals surface area (Å²) in [6.45, 7) is 9.56. The monoisotopic (exact) mass is 404 g/mol. The summed E-state index contributed by atoms with van der Waals surface area (Å²) in [5.74, 6) is -0.293. The molecule has 6 nitrogen and oxygen atoms in total. The van der Waals surface area contributed by atoms with E-state index >= 15 is 0 Å². The van der Waals surface area contributed by atoms with Gasteiger partial charge in [-0.2, -0.15) is 0 Å². The van der Waals surface area contributed by atoms with Gasteiger partial charge in [0, 0.05) is 44.0 Å². The maximum Gasteiger partial charge on any atom is 0.240 e. The molecule has 0 aliphatic carbocycles. The molecule has 2 saturated heterocycles. The van der Waals surface area contributed by atoms with Gasteiger partial charge in [-0.1, -0.05) is 6.07 Å². The molecule has 0 radical (unpaired) electrons. The molecule has 1 aromatic carbocycles. The van der Waals surface area contributed by atoms with E-state index in [-0.39, 0.29) is 30.2 Å².